The van der Waals surface area contributed by atoms with Gasteiger partial charge in [0.1, 0.15) is 17.2 Å². The lowest BCUT2D eigenvalue weighted by molar-refractivity contribution is 0.414. The molecule has 9 aromatic rings. The number of methoxy groups -OCH3 is 3. The van der Waals surface area contributed by atoms with E-state index in [9.17, 15) is 0 Å². The van der Waals surface area contributed by atoms with Gasteiger partial charge in [-0.25, -0.2) is 0 Å². The molecule has 0 unspecified atom stereocenters. The molecular formula is C61H48O3+4. The Bertz CT molecular complexity index is 2550. The summed E-state index contributed by atoms with van der Waals surface area (Å²) in [4.78, 5) is 0. The maximum Gasteiger partial charge on any atom is 0.143 e. The van der Waals surface area contributed by atoms with E-state index in [4.69, 9.17) is 14.2 Å². The van der Waals surface area contributed by atoms with Gasteiger partial charge in [0.2, 0.25) is 0 Å². The van der Waals surface area contributed by atoms with Crippen molar-refractivity contribution in [3.63, 3.8) is 0 Å². The molecule has 0 amide bonds. The van der Waals surface area contributed by atoms with E-state index in [1.165, 1.54) is 0 Å². The molecule has 0 aliphatic heterocycles. The van der Waals surface area contributed by atoms with Crippen LogP contribution in [-0.4, -0.2) is 21.3 Å². The van der Waals surface area contributed by atoms with Crippen LogP contribution in [0.1, 0.15) is 66.8 Å². The molecule has 306 valence electrons. The van der Waals surface area contributed by atoms with Crippen LogP contribution in [0, 0.1) is 23.7 Å². The zero-order valence-corrected chi connectivity index (χ0v) is 36.2. The Kier molecular flexibility index (Phi) is 12.4. The van der Waals surface area contributed by atoms with Crippen molar-refractivity contribution in [3.05, 3.63) is 327 Å². The number of benzene rings is 9. The maximum absolute atomic E-state index is 5.66. The average molecular weight is 829 g/mol. The molecule has 3 nitrogen and oxygen atoms in total. The number of ether oxygens (including phenoxy) is 3. The van der Waals surface area contributed by atoms with Crippen LogP contribution in [-0.2, 0) is 0 Å². The highest BCUT2D eigenvalue weighted by molar-refractivity contribution is 5.66. The predicted octanol–water partition coefficient (Wildman–Crippen LogP) is 13.8. The summed E-state index contributed by atoms with van der Waals surface area (Å²) in [6.45, 7) is 0. The molecule has 0 bridgehead atoms. The lowest BCUT2D eigenvalue weighted by Gasteiger charge is -2.18. The number of hydrogen-bond donors (Lipinski definition) is 0. The van der Waals surface area contributed by atoms with Crippen LogP contribution in [0.3, 0.4) is 0 Å². The molecule has 0 spiro atoms. The third-order valence-electron chi connectivity index (χ3n) is 11.6. The monoisotopic (exact) mass is 828 g/mol. The minimum atomic E-state index is 0.822. The first-order valence-corrected chi connectivity index (χ1v) is 21.5. The molecule has 0 heterocycles. The fraction of sp³-hybridized carbons (Fsp3) is 0.0492. The second-order valence-corrected chi connectivity index (χ2v) is 15.5. The van der Waals surface area contributed by atoms with Crippen molar-refractivity contribution in [2.24, 2.45) is 0 Å². The van der Waals surface area contributed by atoms with Gasteiger partial charge >= 0.3 is 0 Å². The Morgan fingerprint density at radius 2 is 0.391 bits per heavy atom. The average Bonchev–Trinajstić information content (AvgIpc) is 3.37. The van der Waals surface area contributed by atoms with Gasteiger partial charge in [0.25, 0.3) is 0 Å². The highest BCUT2D eigenvalue weighted by Gasteiger charge is 2.31. The molecule has 0 saturated carbocycles. The van der Waals surface area contributed by atoms with Crippen molar-refractivity contribution < 1.29 is 14.2 Å². The number of hydrogen-bond acceptors (Lipinski definition) is 3. The molecule has 64 heavy (non-hydrogen) atoms. The summed E-state index contributed by atoms with van der Waals surface area (Å²) < 4.78 is 17.0. The van der Waals surface area contributed by atoms with Gasteiger partial charge < -0.3 is 14.2 Å². The molecule has 0 aliphatic carbocycles. The summed E-state index contributed by atoms with van der Waals surface area (Å²) in [5.74, 6) is 7.03. The third-order valence-corrected chi connectivity index (χ3v) is 11.6. The van der Waals surface area contributed by atoms with Crippen molar-refractivity contribution in [2.45, 2.75) is 0 Å². The highest BCUT2D eigenvalue weighted by atomic mass is 16.5. The second kappa shape index (κ2) is 19.3. The van der Waals surface area contributed by atoms with Crippen LogP contribution in [0.5, 0.6) is 17.2 Å². The van der Waals surface area contributed by atoms with E-state index in [2.05, 4.69) is 218 Å². The van der Waals surface area contributed by atoms with Crippen LogP contribution < -0.4 is 14.2 Å². The Morgan fingerprint density at radius 1 is 0.203 bits per heavy atom. The summed E-state index contributed by atoms with van der Waals surface area (Å²) in [6, 6.07) is 83.6. The van der Waals surface area contributed by atoms with E-state index in [1.807, 2.05) is 18.2 Å². The Hall–Kier alpha value is -8.14. The lowest BCUT2D eigenvalue weighted by atomic mass is 9.79. The molecule has 0 aliphatic rings. The van der Waals surface area contributed by atoms with Gasteiger partial charge in [-0.2, -0.15) is 0 Å². The van der Waals surface area contributed by atoms with Gasteiger partial charge in [0, 0.05) is 91.0 Å². The topological polar surface area (TPSA) is 27.7 Å². The molecule has 0 fully saturated rings. The molecule has 0 aromatic heterocycles. The molecule has 9 rings (SSSR count). The molecular weight excluding hydrogens is 781 g/mol. The van der Waals surface area contributed by atoms with E-state index < -0.39 is 0 Å². The van der Waals surface area contributed by atoms with Crippen LogP contribution in [0.4, 0.5) is 0 Å². The molecule has 0 saturated heterocycles. The van der Waals surface area contributed by atoms with Crippen LogP contribution in [0.2, 0.25) is 0 Å². The molecule has 9 aromatic carbocycles. The van der Waals surface area contributed by atoms with Gasteiger partial charge in [-0.1, -0.05) is 18.2 Å². The fourth-order valence-corrected chi connectivity index (χ4v) is 8.56. The summed E-state index contributed by atoms with van der Waals surface area (Å²) in [6.07, 6.45) is 0. The van der Waals surface area contributed by atoms with Gasteiger partial charge in [0.15, 0.2) is 0 Å². The Labute approximate surface area is 378 Å². The van der Waals surface area contributed by atoms with Crippen molar-refractivity contribution in [1.82, 2.24) is 0 Å². The summed E-state index contributed by atoms with van der Waals surface area (Å²) in [5, 5.41) is 0. The van der Waals surface area contributed by atoms with Crippen molar-refractivity contribution in [2.75, 3.05) is 21.3 Å². The normalized spacial score (nSPS) is 10.7. The standard InChI is InChI=1S/C61H48O3/c1-62-55-25-13-22-52(40-55)59(43-16-7-4-8-17-43)49-34-28-46(29-35-49)58(47-30-36-50(37-31-47)60(44-18-9-5-10-19-44)53-23-14-26-56(41-53)63-2)48-32-38-51(39-33-48)61(45-20-11-6-12-21-45)54-24-15-27-57(42-54)64-3/h4-42H,1-3H3/q+4. The minimum Gasteiger partial charge on any atom is -0.491 e. The quantitative estimate of drug-likeness (QED) is 0.0761. The molecule has 3 heteroatoms. The van der Waals surface area contributed by atoms with E-state index in [0.717, 1.165) is 108 Å². The molecule has 0 atom stereocenters. The first-order valence-electron chi connectivity index (χ1n) is 21.5. The number of rotatable bonds is 15. The second-order valence-electron chi connectivity index (χ2n) is 15.5. The minimum absolute atomic E-state index is 0.822. The largest absolute Gasteiger partial charge is 0.491 e. The molecule has 0 N–H and O–H groups in total. The smallest absolute Gasteiger partial charge is 0.143 e. The Balaban J connectivity index is 1.14. The first kappa shape index (κ1) is 41.2. The van der Waals surface area contributed by atoms with Crippen molar-refractivity contribution in [1.29, 1.82) is 0 Å². The van der Waals surface area contributed by atoms with Crippen molar-refractivity contribution in [3.8, 4) is 17.2 Å². The van der Waals surface area contributed by atoms with Crippen molar-refractivity contribution >= 4 is 0 Å². The van der Waals surface area contributed by atoms with E-state index >= 15 is 0 Å². The Morgan fingerprint density at radius 3 is 0.609 bits per heavy atom. The summed E-state index contributed by atoms with van der Waals surface area (Å²) >= 11 is 0. The summed E-state index contributed by atoms with van der Waals surface area (Å²) in [5.41, 5.74) is 13.4. The lowest BCUT2D eigenvalue weighted by Crippen LogP contribution is -2.09. The van der Waals surface area contributed by atoms with Crippen LogP contribution in [0.25, 0.3) is 0 Å². The first-order chi connectivity index (χ1) is 31.6. The molecule has 0 radical (unpaired) electrons. The third kappa shape index (κ3) is 8.92. The zero-order valence-electron chi connectivity index (χ0n) is 36.2. The summed E-state index contributed by atoms with van der Waals surface area (Å²) in [7, 11) is 5.14. The predicted molar refractivity (Wildman–Crippen MR) is 260 cm³/mol. The van der Waals surface area contributed by atoms with E-state index in [1.54, 1.807) is 21.3 Å². The van der Waals surface area contributed by atoms with Gasteiger partial charge in [0.05, 0.1) is 112 Å². The highest BCUT2D eigenvalue weighted by Crippen LogP contribution is 2.40. The van der Waals surface area contributed by atoms with Crippen LogP contribution >= 0.6 is 0 Å². The van der Waals surface area contributed by atoms with Gasteiger partial charge in [-0.05, 0) is 127 Å². The maximum atomic E-state index is 5.66. The van der Waals surface area contributed by atoms with Gasteiger partial charge in [-0.15, -0.1) is 0 Å². The fourth-order valence-electron chi connectivity index (χ4n) is 8.56. The zero-order chi connectivity index (χ0) is 43.7. The van der Waals surface area contributed by atoms with E-state index in [0.29, 0.717) is 0 Å². The van der Waals surface area contributed by atoms with E-state index in [-0.39, 0.29) is 0 Å². The SMILES string of the molecule is COc1cccc([C+](c2ccccc2)c2ccc([C+](c3ccc([C+](c4ccccc4)c4cccc(OC)c4)cc3)c3ccc([C+](c4ccccc4)c4cccc(OC)c4)cc3)cc2)c1. The van der Waals surface area contributed by atoms with Crippen LogP contribution in [0.15, 0.2) is 237 Å². The van der Waals surface area contributed by atoms with Gasteiger partial charge in [-0.3, -0.25) is 0 Å².